The zero-order valence-corrected chi connectivity index (χ0v) is 29.2. The Morgan fingerprint density at radius 2 is 1.79 bits per heavy atom. The van der Waals surface area contributed by atoms with Gasteiger partial charge in [0.1, 0.15) is 0 Å². The van der Waals surface area contributed by atoms with Crippen LogP contribution >= 0.6 is 0 Å². The van der Waals surface area contributed by atoms with Gasteiger partial charge in [0.15, 0.2) is 0 Å². The maximum absolute atomic E-state index is 13.5. The minimum atomic E-state index is -0.507. The summed E-state index contributed by atoms with van der Waals surface area (Å²) in [5.41, 5.74) is 3.01. The predicted molar refractivity (Wildman–Crippen MR) is 143 cm³/mol. The Hall–Kier alpha value is -1.66. The van der Waals surface area contributed by atoms with Crippen molar-refractivity contribution in [3.05, 3.63) is 52.8 Å². The molecule has 1 aromatic carbocycles. The van der Waals surface area contributed by atoms with Gasteiger partial charge >= 0.3 is 243 Å². The quantitative estimate of drug-likeness (QED) is 0.262. The number of ether oxygens (including phenoxy) is 2. The van der Waals surface area contributed by atoms with Crippen LogP contribution in [0.5, 0.6) is 5.75 Å². The Morgan fingerprint density at radius 1 is 1.08 bits per heavy atom. The van der Waals surface area contributed by atoms with E-state index in [2.05, 4.69) is 70.3 Å². The molecule has 2 saturated carbocycles. The number of hydrogen-bond donors (Lipinski definition) is 1. The summed E-state index contributed by atoms with van der Waals surface area (Å²) < 4.78 is 15.1. The Bertz CT molecular complexity index is 1290. The summed E-state index contributed by atoms with van der Waals surface area (Å²) >= 11 is 0.547. The van der Waals surface area contributed by atoms with Crippen molar-refractivity contribution in [3.8, 4) is 5.75 Å². The first kappa shape index (κ1) is 27.5. The number of benzene rings is 1. The molecule has 205 valence electrons. The number of carbonyl (C=O) groups excluding carboxylic acids is 2. The largest absolute Gasteiger partial charge is 0.412 e. The van der Waals surface area contributed by atoms with E-state index in [-0.39, 0.29) is 52.2 Å². The van der Waals surface area contributed by atoms with Crippen molar-refractivity contribution < 1.29 is 50.7 Å². The second-order valence-corrected chi connectivity index (χ2v) is 16.1. The van der Waals surface area contributed by atoms with Gasteiger partial charge in [-0.3, -0.25) is 0 Å². The van der Waals surface area contributed by atoms with Crippen LogP contribution in [0.1, 0.15) is 53.0 Å². The molecular formula is C32H40HgNO5. The fraction of sp³-hybridized carbons (Fsp3) is 0.625. The third kappa shape index (κ3) is 3.65. The molecule has 11 atom stereocenters. The van der Waals surface area contributed by atoms with Crippen LogP contribution in [0, 0.1) is 52.3 Å². The van der Waals surface area contributed by atoms with Crippen molar-refractivity contribution >= 4 is 11.8 Å². The van der Waals surface area contributed by atoms with E-state index in [1.165, 1.54) is 18.4 Å². The minimum absolute atomic E-state index is 0. The van der Waals surface area contributed by atoms with E-state index in [0.717, 1.165) is 21.0 Å². The SMILES string of the molecule is CC1=CC2(C)C([CH2][Hg])O/C3=C4\C(=O)NC(=O)C4Cc4ccc(cc4)OC4C(C32)C1C1(C)CC(C)CC(C)C41.O. The van der Waals surface area contributed by atoms with E-state index in [4.69, 9.17) is 9.47 Å². The van der Waals surface area contributed by atoms with E-state index >= 15 is 0 Å². The molecule has 3 N–H and O–H groups in total. The average molecular weight is 719 g/mol. The standard InChI is InChI=1S/C32H38NO4.Hg.H2O/c1-15-11-16(2)25-28-23-24(32(25,6)13-15)17(3)14-31(5)18(4)36-27(26(23)31)22-21(29(34)33-30(22)35)12-19-7-9-20(37-28)10-8-19;;/h7-10,14-16,18,21,23-26,28H,4,11-13H2,1-3,5-6H3,(H,33,34,35);;1H2/b27-22-;;. The van der Waals surface area contributed by atoms with Crippen molar-refractivity contribution in [1.29, 1.82) is 0 Å². The molecule has 4 aliphatic heterocycles. The van der Waals surface area contributed by atoms with Crippen LogP contribution in [0.4, 0.5) is 0 Å². The van der Waals surface area contributed by atoms with E-state index < -0.39 is 5.92 Å². The number of hydrogen-bond acceptors (Lipinski definition) is 4. The molecule has 11 unspecified atom stereocenters. The van der Waals surface area contributed by atoms with Gasteiger partial charge in [0.25, 0.3) is 0 Å². The van der Waals surface area contributed by atoms with Crippen LogP contribution in [0.15, 0.2) is 47.2 Å². The number of carbonyl (C=O) groups is 2. The van der Waals surface area contributed by atoms with Crippen LogP contribution < -0.4 is 10.1 Å². The number of amides is 2. The van der Waals surface area contributed by atoms with Crippen LogP contribution in [0.2, 0.25) is 3.93 Å². The molecule has 2 bridgehead atoms. The van der Waals surface area contributed by atoms with Gasteiger partial charge < -0.3 is 5.48 Å². The molecule has 7 aliphatic rings. The second kappa shape index (κ2) is 9.17. The third-order valence-corrected chi connectivity index (χ3v) is 13.4. The van der Waals surface area contributed by atoms with Crippen molar-refractivity contribution in [2.75, 3.05) is 0 Å². The van der Waals surface area contributed by atoms with Crippen molar-refractivity contribution in [2.45, 2.75) is 70.0 Å². The summed E-state index contributed by atoms with van der Waals surface area (Å²) in [4.78, 5) is 26.7. The molecule has 2 saturated heterocycles. The van der Waals surface area contributed by atoms with E-state index in [1.807, 2.05) is 0 Å². The predicted octanol–water partition coefficient (Wildman–Crippen LogP) is 4.57. The topological polar surface area (TPSA) is 96.1 Å². The van der Waals surface area contributed by atoms with Crippen LogP contribution in [-0.4, -0.2) is 29.5 Å². The molecule has 0 spiro atoms. The Balaban J connectivity index is 0.00000277. The molecule has 39 heavy (non-hydrogen) atoms. The summed E-state index contributed by atoms with van der Waals surface area (Å²) in [5.74, 6) is 3.00. The molecule has 0 radical (unpaired) electrons. The fourth-order valence-electron chi connectivity index (χ4n) is 10.6. The second-order valence-electron chi connectivity index (χ2n) is 13.8. The molecule has 0 aromatic heterocycles. The first-order chi connectivity index (χ1) is 18.1. The monoisotopic (exact) mass is 720 g/mol. The number of fused-ring (bicyclic) bond motifs is 4. The van der Waals surface area contributed by atoms with Gasteiger partial charge in [0.2, 0.25) is 0 Å². The molecule has 7 heteroatoms. The van der Waals surface area contributed by atoms with Gasteiger partial charge in [-0.05, 0) is 0 Å². The molecule has 6 nitrogen and oxygen atoms in total. The maximum Gasteiger partial charge on any atom is -0.412 e. The average Bonchev–Trinajstić information content (AvgIpc) is 3.37. The van der Waals surface area contributed by atoms with Gasteiger partial charge in [0.05, 0.1) is 0 Å². The Morgan fingerprint density at radius 3 is 2.49 bits per heavy atom. The molecule has 8 rings (SSSR count). The zero-order chi connectivity index (χ0) is 26.7. The van der Waals surface area contributed by atoms with E-state index in [1.54, 1.807) is 0 Å². The van der Waals surface area contributed by atoms with Gasteiger partial charge in [-0.1, -0.05) is 0 Å². The smallest absolute Gasteiger partial charge is 0.412 e. The fourth-order valence-corrected chi connectivity index (χ4v) is 13.5. The van der Waals surface area contributed by atoms with E-state index in [0.29, 0.717) is 61.8 Å². The first-order valence-electron chi connectivity index (χ1n) is 14.6. The number of rotatable bonds is 1. The van der Waals surface area contributed by atoms with Gasteiger partial charge in [0, 0.05) is 0 Å². The normalized spacial score (nSPS) is 47.4. The maximum atomic E-state index is 13.5. The van der Waals surface area contributed by atoms with Crippen molar-refractivity contribution in [1.82, 2.24) is 5.32 Å². The Labute approximate surface area is 247 Å². The van der Waals surface area contributed by atoms with Crippen LogP contribution in [-0.2, 0) is 46.9 Å². The van der Waals surface area contributed by atoms with Gasteiger partial charge in [-0.2, -0.15) is 0 Å². The summed E-state index contributed by atoms with van der Waals surface area (Å²) in [5, 5.41) is 2.67. The Kier molecular flexibility index (Phi) is 6.47. The molecular weight excluding hydrogens is 679 g/mol. The summed E-state index contributed by atoms with van der Waals surface area (Å²) in [6.07, 6.45) is 5.52. The van der Waals surface area contributed by atoms with Crippen molar-refractivity contribution in [2.24, 2.45) is 52.3 Å². The molecule has 2 amide bonds. The number of nitrogens with one attached hydrogen (secondary N) is 1. The minimum Gasteiger partial charge on any atom is -0.412 e. The zero-order valence-electron chi connectivity index (χ0n) is 23.8. The molecule has 1 aromatic rings. The van der Waals surface area contributed by atoms with Crippen molar-refractivity contribution in [3.63, 3.8) is 0 Å². The molecule has 3 aliphatic carbocycles. The number of allylic oxidation sites excluding steroid dienone is 2. The molecule has 4 heterocycles. The summed E-state index contributed by atoms with van der Waals surface area (Å²) in [6.45, 7) is 12.1. The first-order valence-corrected chi connectivity index (χ1v) is 18.5. The van der Waals surface area contributed by atoms with Crippen LogP contribution in [0.3, 0.4) is 0 Å². The summed E-state index contributed by atoms with van der Waals surface area (Å²) in [6, 6.07) is 8.29. The van der Waals surface area contributed by atoms with Gasteiger partial charge in [-0.25, -0.2) is 0 Å². The molecule has 4 fully saturated rings. The van der Waals surface area contributed by atoms with Gasteiger partial charge in [-0.15, -0.1) is 0 Å². The van der Waals surface area contributed by atoms with E-state index in [9.17, 15) is 9.59 Å². The number of imide groups is 1. The third-order valence-electron chi connectivity index (χ3n) is 11.4. The van der Waals surface area contributed by atoms with Crippen LogP contribution in [0.25, 0.3) is 0 Å². The summed E-state index contributed by atoms with van der Waals surface area (Å²) in [7, 11) is 0.